The summed E-state index contributed by atoms with van der Waals surface area (Å²) in [7, 11) is 3.02. The number of ether oxygens (including phenoxy) is 2. The standard InChI is InChI=1S/C13H16N2O3/c1-17-12-7-11(8-14-9-12)10-3-5-15(6-4-10)13(16)18-2/h3,7-9H,4-6H2,1-2H3. The van der Waals surface area contributed by atoms with Crippen molar-refractivity contribution in [1.82, 2.24) is 9.88 Å². The minimum Gasteiger partial charge on any atom is -0.495 e. The molecular weight excluding hydrogens is 232 g/mol. The highest BCUT2D eigenvalue weighted by atomic mass is 16.5. The molecule has 1 aromatic heterocycles. The number of hydrogen-bond acceptors (Lipinski definition) is 4. The van der Waals surface area contributed by atoms with Gasteiger partial charge in [0.15, 0.2) is 0 Å². The first-order valence-corrected chi connectivity index (χ1v) is 5.76. The Labute approximate surface area is 106 Å². The van der Waals surface area contributed by atoms with E-state index in [0.29, 0.717) is 13.1 Å². The molecule has 0 atom stereocenters. The van der Waals surface area contributed by atoms with Gasteiger partial charge in [-0.2, -0.15) is 0 Å². The number of aromatic nitrogens is 1. The van der Waals surface area contributed by atoms with Crippen molar-refractivity contribution in [2.45, 2.75) is 6.42 Å². The third-order valence-corrected chi connectivity index (χ3v) is 2.96. The molecule has 0 N–H and O–H groups in total. The van der Waals surface area contributed by atoms with Crippen molar-refractivity contribution < 1.29 is 14.3 Å². The number of carbonyl (C=O) groups is 1. The van der Waals surface area contributed by atoms with Crippen LogP contribution in [0.5, 0.6) is 5.75 Å². The van der Waals surface area contributed by atoms with Gasteiger partial charge in [0.25, 0.3) is 0 Å². The van der Waals surface area contributed by atoms with Crippen LogP contribution >= 0.6 is 0 Å². The van der Waals surface area contributed by atoms with E-state index in [-0.39, 0.29) is 6.09 Å². The Bertz CT molecular complexity index is 471. The largest absolute Gasteiger partial charge is 0.495 e. The maximum absolute atomic E-state index is 11.4. The number of rotatable bonds is 2. The molecule has 2 rings (SSSR count). The summed E-state index contributed by atoms with van der Waals surface area (Å²) in [4.78, 5) is 17.1. The molecule has 0 bridgehead atoms. The van der Waals surface area contributed by atoms with Crippen LogP contribution in [0.15, 0.2) is 24.5 Å². The number of hydrogen-bond donors (Lipinski definition) is 0. The van der Waals surface area contributed by atoms with Crippen LogP contribution in [0.1, 0.15) is 12.0 Å². The van der Waals surface area contributed by atoms with Crippen molar-refractivity contribution in [3.8, 4) is 5.75 Å². The predicted octanol–water partition coefficient (Wildman–Crippen LogP) is 1.95. The van der Waals surface area contributed by atoms with E-state index in [2.05, 4.69) is 4.98 Å². The quantitative estimate of drug-likeness (QED) is 0.802. The molecule has 1 aliphatic heterocycles. The second kappa shape index (κ2) is 5.53. The van der Waals surface area contributed by atoms with Gasteiger partial charge in [0.2, 0.25) is 0 Å². The number of pyridine rings is 1. The molecule has 5 heteroatoms. The maximum Gasteiger partial charge on any atom is 0.409 e. The van der Waals surface area contributed by atoms with Crippen LogP contribution in [0.2, 0.25) is 0 Å². The predicted molar refractivity (Wildman–Crippen MR) is 67.4 cm³/mol. The fourth-order valence-corrected chi connectivity index (χ4v) is 1.93. The molecule has 1 aliphatic rings. The van der Waals surface area contributed by atoms with Gasteiger partial charge in [0.05, 0.1) is 20.4 Å². The summed E-state index contributed by atoms with van der Waals surface area (Å²) in [6.45, 7) is 1.23. The van der Waals surface area contributed by atoms with Gasteiger partial charge >= 0.3 is 6.09 Å². The first-order chi connectivity index (χ1) is 8.74. The molecule has 1 aromatic rings. The molecule has 96 valence electrons. The third-order valence-electron chi connectivity index (χ3n) is 2.96. The molecule has 0 spiro atoms. The highest BCUT2D eigenvalue weighted by Crippen LogP contribution is 2.24. The summed E-state index contributed by atoms with van der Waals surface area (Å²) >= 11 is 0. The third kappa shape index (κ3) is 2.61. The molecule has 0 aliphatic carbocycles. The lowest BCUT2D eigenvalue weighted by Crippen LogP contribution is -2.34. The van der Waals surface area contributed by atoms with E-state index in [1.165, 1.54) is 12.7 Å². The summed E-state index contributed by atoms with van der Waals surface area (Å²) in [5, 5.41) is 0. The summed E-state index contributed by atoms with van der Waals surface area (Å²) in [6, 6.07) is 1.95. The van der Waals surface area contributed by atoms with Gasteiger partial charge in [-0.15, -0.1) is 0 Å². The Kier molecular flexibility index (Phi) is 3.82. The smallest absolute Gasteiger partial charge is 0.409 e. The number of amides is 1. The van der Waals surface area contributed by atoms with E-state index in [1.54, 1.807) is 18.2 Å². The van der Waals surface area contributed by atoms with Crippen molar-refractivity contribution in [1.29, 1.82) is 0 Å². The molecular formula is C13H16N2O3. The fraction of sp³-hybridized carbons (Fsp3) is 0.385. The molecule has 18 heavy (non-hydrogen) atoms. The lowest BCUT2D eigenvalue weighted by molar-refractivity contribution is 0.128. The van der Waals surface area contributed by atoms with Gasteiger partial charge in [-0.1, -0.05) is 6.08 Å². The zero-order valence-corrected chi connectivity index (χ0v) is 10.5. The zero-order chi connectivity index (χ0) is 13.0. The van der Waals surface area contributed by atoms with Crippen molar-refractivity contribution in [3.63, 3.8) is 0 Å². The number of nitrogens with zero attached hydrogens (tertiary/aromatic N) is 2. The van der Waals surface area contributed by atoms with Crippen LogP contribution in [0.25, 0.3) is 5.57 Å². The van der Waals surface area contributed by atoms with Crippen molar-refractivity contribution in [3.05, 3.63) is 30.1 Å². The zero-order valence-electron chi connectivity index (χ0n) is 10.5. The van der Waals surface area contributed by atoms with E-state index in [4.69, 9.17) is 9.47 Å². The van der Waals surface area contributed by atoms with Crippen LogP contribution in [-0.4, -0.2) is 43.3 Å². The Hall–Kier alpha value is -2.04. The average molecular weight is 248 g/mol. The normalized spacial score (nSPS) is 15.0. The number of methoxy groups -OCH3 is 2. The molecule has 2 heterocycles. The molecule has 5 nitrogen and oxygen atoms in total. The van der Waals surface area contributed by atoms with E-state index in [9.17, 15) is 4.79 Å². The summed E-state index contributed by atoms with van der Waals surface area (Å²) in [5.74, 6) is 0.740. The van der Waals surface area contributed by atoms with Crippen LogP contribution in [0.3, 0.4) is 0 Å². The van der Waals surface area contributed by atoms with Crippen LogP contribution in [0.4, 0.5) is 4.79 Å². The van der Waals surface area contributed by atoms with Crippen molar-refractivity contribution >= 4 is 11.7 Å². The fourth-order valence-electron chi connectivity index (χ4n) is 1.93. The van der Waals surface area contributed by atoms with Gasteiger partial charge in [0, 0.05) is 19.3 Å². The molecule has 0 unspecified atom stereocenters. The topological polar surface area (TPSA) is 51.7 Å². The van der Waals surface area contributed by atoms with Crippen molar-refractivity contribution in [2.75, 3.05) is 27.3 Å². The van der Waals surface area contributed by atoms with Crippen LogP contribution in [-0.2, 0) is 4.74 Å². The van der Waals surface area contributed by atoms with Gasteiger partial charge in [0.1, 0.15) is 5.75 Å². The molecule has 0 fully saturated rings. The minimum atomic E-state index is -0.283. The van der Waals surface area contributed by atoms with Gasteiger partial charge in [-0.3, -0.25) is 4.98 Å². The Morgan fingerprint density at radius 2 is 2.22 bits per heavy atom. The second-order valence-corrected chi connectivity index (χ2v) is 4.01. The van der Waals surface area contributed by atoms with Crippen LogP contribution in [0, 0.1) is 0 Å². The molecule has 0 radical (unpaired) electrons. The van der Waals surface area contributed by atoms with Gasteiger partial charge in [-0.25, -0.2) is 4.79 Å². The summed E-state index contributed by atoms with van der Waals surface area (Å²) < 4.78 is 9.84. The minimum absolute atomic E-state index is 0.283. The maximum atomic E-state index is 11.4. The van der Waals surface area contributed by atoms with Gasteiger partial charge < -0.3 is 14.4 Å². The van der Waals surface area contributed by atoms with E-state index < -0.39 is 0 Å². The second-order valence-electron chi connectivity index (χ2n) is 4.01. The van der Waals surface area contributed by atoms with Crippen LogP contribution < -0.4 is 4.74 Å². The van der Waals surface area contributed by atoms with Gasteiger partial charge in [-0.05, 0) is 23.6 Å². The van der Waals surface area contributed by atoms with E-state index in [0.717, 1.165) is 17.7 Å². The average Bonchev–Trinajstić information content (AvgIpc) is 2.46. The number of carbonyl (C=O) groups excluding carboxylic acids is 1. The highest BCUT2D eigenvalue weighted by Gasteiger charge is 2.18. The monoisotopic (exact) mass is 248 g/mol. The summed E-state index contributed by atoms with van der Waals surface area (Å²) in [5.41, 5.74) is 2.22. The highest BCUT2D eigenvalue weighted by molar-refractivity contribution is 5.72. The first-order valence-electron chi connectivity index (χ1n) is 5.76. The molecule has 0 saturated heterocycles. The molecule has 0 saturated carbocycles. The Balaban J connectivity index is 2.11. The molecule has 1 amide bonds. The lowest BCUT2D eigenvalue weighted by atomic mass is 10.0. The Morgan fingerprint density at radius 1 is 1.39 bits per heavy atom. The van der Waals surface area contributed by atoms with E-state index >= 15 is 0 Å². The molecule has 0 aromatic carbocycles. The first kappa shape index (κ1) is 12.4. The summed E-state index contributed by atoms with van der Waals surface area (Å²) in [6.07, 6.45) is 6.02. The Morgan fingerprint density at radius 3 is 2.83 bits per heavy atom. The SMILES string of the molecule is COC(=O)N1CC=C(c2cncc(OC)c2)CC1. The van der Waals surface area contributed by atoms with Crippen molar-refractivity contribution in [2.24, 2.45) is 0 Å². The van der Waals surface area contributed by atoms with E-state index in [1.807, 2.05) is 18.3 Å². The lowest BCUT2D eigenvalue weighted by Gasteiger charge is -2.25.